The van der Waals surface area contributed by atoms with Crippen LogP contribution in [0.3, 0.4) is 0 Å². The van der Waals surface area contributed by atoms with Crippen molar-refractivity contribution in [1.29, 1.82) is 0 Å². The van der Waals surface area contributed by atoms with Crippen LogP contribution in [0, 0.1) is 17.8 Å². The zero-order valence-corrected chi connectivity index (χ0v) is 14.9. The van der Waals surface area contributed by atoms with Crippen molar-refractivity contribution in [2.75, 3.05) is 11.4 Å². The second kappa shape index (κ2) is 6.11. The van der Waals surface area contributed by atoms with E-state index in [4.69, 9.17) is 0 Å². The lowest BCUT2D eigenvalue weighted by Gasteiger charge is -2.21. The largest absolute Gasteiger partial charge is 0.353 e. The molecule has 2 aliphatic carbocycles. The number of benzene rings is 2. The van der Waals surface area contributed by atoms with Crippen LogP contribution in [-0.2, 0) is 9.59 Å². The Balaban J connectivity index is 1.34. The number of nitrogens with one attached hydrogen (secondary N) is 1. The van der Waals surface area contributed by atoms with Crippen LogP contribution in [0.2, 0.25) is 0 Å². The van der Waals surface area contributed by atoms with Crippen LogP contribution >= 0.6 is 0 Å². The molecule has 2 aromatic carbocycles. The Hall–Kier alpha value is -2.36. The fraction of sp³-hybridized carbons (Fsp3) is 0.455. The Morgan fingerprint density at radius 1 is 1.00 bits per heavy atom. The summed E-state index contributed by atoms with van der Waals surface area (Å²) in [6, 6.07) is 14.5. The van der Waals surface area contributed by atoms with Crippen molar-refractivity contribution in [2.24, 2.45) is 17.8 Å². The number of amides is 2. The van der Waals surface area contributed by atoms with Crippen molar-refractivity contribution in [3.05, 3.63) is 42.5 Å². The highest BCUT2D eigenvalue weighted by atomic mass is 16.2. The molecule has 1 unspecified atom stereocenters. The van der Waals surface area contributed by atoms with E-state index >= 15 is 0 Å². The third-order valence-electron chi connectivity index (χ3n) is 6.12. The first-order valence-electron chi connectivity index (χ1n) is 9.79. The van der Waals surface area contributed by atoms with Gasteiger partial charge in [0.25, 0.3) is 0 Å². The van der Waals surface area contributed by atoms with Gasteiger partial charge < -0.3 is 10.2 Å². The van der Waals surface area contributed by atoms with Crippen molar-refractivity contribution >= 4 is 28.3 Å². The van der Waals surface area contributed by atoms with Crippen LogP contribution < -0.4 is 10.2 Å². The predicted molar refractivity (Wildman–Crippen MR) is 102 cm³/mol. The number of nitrogens with zero attached hydrogens (tertiary/aromatic N) is 1. The van der Waals surface area contributed by atoms with Gasteiger partial charge in [-0.25, -0.2) is 0 Å². The number of carbonyl (C=O) groups excluding carboxylic acids is 2. The van der Waals surface area contributed by atoms with Crippen molar-refractivity contribution in [1.82, 2.24) is 5.32 Å². The zero-order chi connectivity index (χ0) is 17.7. The van der Waals surface area contributed by atoms with E-state index in [0.717, 1.165) is 16.5 Å². The Kier molecular flexibility index (Phi) is 3.73. The van der Waals surface area contributed by atoms with E-state index in [1.54, 1.807) is 4.90 Å². The molecule has 1 atom stereocenters. The number of rotatable bonds is 5. The van der Waals surface area contributed by atoms with E-state index in [1.165, 1.54) is 25.7 Å². The topological polar surface area (TPSA) is 49.4 Å². The molecule has 1 heterocycles. The van der Waals surface area contributed by atoms with Gasteiger partial charge in [0.15, 0.2) is 0 Å². The van der Waals surface area contributed by atoms with Crippen LogP contribution in [0.4, 0.5) is 5.69 Å². The Labute approximate surface area is 153 Å². The maximum Gasteiger partial charge on any atom is 0.227 e. The fourth-order valence-corrected chi connectivity index (χ4v) is 4.37. The second-order valence-corrected chi connectivity index (χ2v) is 8.11. The van der Waals surface area contributed by atoms with Gasteiger partial charge in [-0.3, -0.25) is 9.59 Å². The first-order valence-corrected chi connectivity index (χ1v) is 9.79. The second-order valence-electron chi connectivity index (χ2n) is 8.11. The summed E-state index contributed by atoms with van der Waals surface area (Å²) in [5.41, 5.74) is 0.921. The van der Waals surface area contributed by atoms with E-state index in [2.05, 4.69) is 17.4 Å². The van der Waals surface area contributed by atoms with E-state index in [0.29, 0.717) is 30.8 Å². The molecule has 134 valence electrons. The quantitative estimate of drug-likeness (QED) is 0.899. The SMILES string of the molecule is O=C(NC(C1CC1)C1CC1)C1CC(=O)N(c2cccc3ccccc23)C1. The maximum absolute atomic E-state index is 12.8. The molecular formula is C22H24N2O2. The molecule has 1 N–H and O–H groups in total. The first kappa shape index (κ1) is 15.9. The molecule has 5 rings (SSSR count). The predicted octanol–water partition coefficient (Wildman–Crippen LogP) is 3.50. The van der Waals surface area contributed by atoms with Crippen molar-refractivity contribution in [3.63, 3.8) is 0 Å². The summed E-state index contributed by atoms with van der Waals surface area (Å²) in [5.74, 6) is 1.25. The molecule has 4 nitrogen and oxygen atoms in total. The van der Waals surface area contributed by atoms with Gasteiger partial charge in [0.1, 0.15) is 0 Å². The van der Waals surface area contributed by atoms with Gasteiger partial charge in [-0.05, 0) is 49.0 Å². The highest BCUT2D eigenvalue weighted by Crippen LogP contribution is 2.44. The molecule has 1 saturated heterocycles. The minimum atomic E-state index is -0.235. The Morgan fingerprint density at radius 2 is 1.69 bits per heavy atom. The summed E-state index contributed by atoms with van der Waals surface area (Å²) in [5, 5.41) is 5.48. The highest BCUT2D eigenvalue weighted by molar-refractivity contribution is 6.07. The molecule has 4 heteroatoms. The van der Waals surface area contributed by atoms with Gasteiger partial charge in [0.05, 0.1) is 11.6 Å². The number of hydrogen-bond acceptors (Lipinski definition) is 2. The molecule has 0 bridgehead atoms. The van der Waals surface area contributed by atoms with Crippen LogP contribution in [-0.4, -0.2) is 24.4 Å². The summed E-state index contributed by atoms with van der Waals surface area (Å²) >= 11 is 0. The zero-order valence-electron chi connectivity index (χ0n) is 14.9. The Morgan fingerprint density at radius 3 is 2.42 bits per heavy atom. The van der Waals surface area contributed by atoms with E-state index < -0.39 is 0 Å². The van der Waals surface area contributed by atoms with Crippen molar-refractivity contribution in [3.8, 4) is 0 Å². The van der Waals surface area contributed by atoms with Crippen molar-refractivity contribution in [2.45, 2.75) is 38.1 Å². The van der Waals surface area contributed by atoms with Gasteiger partial charge in [0, 0.05) is 24.4 Å². The van der Waals surface area contributed by atoms with Gasteiger partial charge in [-0.15, -0.1) is 0 Å². The molecule has 0 aromatic heterocycles. The van der Waals surface area contributed by atoms with Gasteiger partial charge in [-0.2, -0.15) is 0 Å². The van der Waals surface area contributed by atoms with Crippen LogP contribution in [0.1, 0.15) is 32.1 Å². The number of fused-ring (bicyclic) bond motifs is 1. The lowest BCUT2D eigenvalue weighted by Crippen LogP contribution is -2.42. The van der Waals surface area contributed by atoms with E-state index in [1.807, 2.05) is 30.3 Å². The third-order valence-corrected chi connectivity index (χ3v) is 6.12. The molecular weight excluding hydrogens is 324 g/mol. The third kappa shape index (κ3) is 2.87. The summed E-state index contributed by atoms with van der Waals surface area (Å²) in [6.07, 6.45) is 5.29. The molecule has 0 radical (unpaired) electrons. The van der Waals surface area contributed by atoms with Gasteiger partial charge >= 0.3 is 0 Å². The first-order chi connectivity index (χ1) is 12.7. The molecule has 2 saturated carbocycles. The molecule has 2 aromatic rings. The summed E-state index contributed by atoms with van der Waals surface area (Å²) < 4.78 is 0. The molecule has 3 fully saturated rings. The normalized spacial score (nSPS) is 23.0. The Bertz CT molecular complexity index is 852. The molecule has 0 spiro atoms. The van der Waals surface area contributed by atoms with Crippen LogP contribution in [0.15, 0.2) is 42.5 Å². The van der Waals surface area contributed by atoms with E-state index in [-0.39, 0.29) is 17.7 Å². The maximum atomic E-state index is 12.8. The van der Waals surface area contributed by atoms with Crippen LogP contribution in [0.25, 0.3) is 10.8 Å². The number of hydrogen-bond donors (Lipinski definition) is 1. The average molecular weight is 348 g/mol. The van der Waals surface area contributed by atoms with E-state index in [9.17, 15) is 9.59 Å². The molecule has 26 heavy (non-hydrogen) atoms. The van der Waals surface area contributed by atoms with Gasteiger partial charge in [0.2, 0.25) is 11.8 Å². The molecule has 3 aliphatic rings. The van der Waals surface area contributed by atoms with Crippen LogP contribution in [0.5, 0.6) is 0 Å². The minimum absolute atomic E-state index is 0.0518. The summed E-state index contributed by atoms with van der Waals surface area (Å²) in [6.45, 7) is 0.487. The number of anilines is 1. The lowest BCUT2D eigenvalue weighted by molar-refractivity contribution is -0.127. The summed E-state index contributed by atoms with van der Waals surface area (Å²) in [7, 11) is 0. The van der Waals surface area contributed by atoms with Gasteiger partial charge in [-0.1, -0.05) is 36.4 Å². The highest BCUT2D eigenvalue weighted by Gasteiger charge is 2.44. The minimum Gasteiger partial charge on any atom is -0.353 e. The molecule has 1 aliphatic heterocycles. The monoisotopic (exact) mass is 348 g/mol. The molecule has 2 amide bonds. The standard InChI is InChI=1S/C22H24N2O2/c25-20-12-17(22(26)23-21(15-8-9-15)16-10-11-16)13-24(20)19-7-3-5-14-4-1-2-6-18(14)19/h1-7,15-17,21H,8-13H2,(H,23,26). The smallest absolute Gasteiger partial charge is 0.227 e. The number of carbonyl (C=O) groups is 2. The lowest BCUT2D eigenvalue weighted by atomic mass is 10.0. The summed E-state index contributed by atoms with van der Waals surface area (Å²) in [4.78, 5) is 27.3. The fourth-order valence-electron chi connectivity index (χ4n) is 4.37. The average Bonchev–Trinajstić information content (AvgIpc) is 3.57. The van der Waals surface area contributed by atoms with Crippen molar-refractivity contribution < 1.29 is 9.59 Å².